The van der Waals surface area contributed by atoms with Gasteiger partial charge in [-0.25, -0.2) is 0 Å². The fourth-order valence-corrected chi connectivity index (χ4v) is 2.21. The van der Waals surface area contributed by atoms with Crippen LogP contribution in [0.4, 0.5) is 5.69 Å². The van der Waals surface area contributed by atoms with E-state index in [9.17, 15) is 9.90 Å². The topological polar surface area (TPSA) is 40.5 Å². The zero-order valence-electron chi connectivity index (χ0n) is 9.13. The van der Waals surface area contributed by atoms with Gasteiger partial charge in [-0.2, -0.15) is 12.6 Å². The summed E-state index contributed by atoms with van der Waals surface area (Å²) in [4.78, 5) is 13.4. The minimum Gasteiger partial charge on any atom is -0.389 e. The van der Waals surface area contributed by atoms with Gasteiger partial charge in [0.2, 0.25) is 5.91 Å². The van der Waals surface area contributed by atoms with E-state index in [-0.39, 0.29) is 11.2 Å². The Morgan fingerprint density at radius 1 is 1.56 bits per heavy atom. The highest BCUT2D eigenvalue weighted by molar-refractivity contribution is 7.81. The fourth-order valence-electron chi connectivity index (χ4n) is 1.89. The van der Waals surface area contributed by atoms with Crippen LogP contribution in [-0.2, 0) is 4.79 Å². The van der Waals surface area contributed by atoms with Crippen LogP contribution in [0.3, 0.4) is 0 Å². The lowest BCUT2D eigenvalue weighted by Crippen LogP contribution is -2.24. The number of rotatable bonds is 2. The molecule has 1 N–H and O–H groups in total. The van der Waals surface area contributed by atoms with Gasteiger partial charge in [0.15, 0.2) is 0 Å². The van der Waals surface area contributed by atoms with E-state index in [0.717, 1.165) is 11.3 Å². The van der Waals surface area contributed by atoms with Crippen LogP contribution in [0.25, 0.3) is 0 Å². The number of aliphatic hydroxyl groups is 1. The molecule has 1 saturated heterocycles. The maximum Gasteiger partial charge on any atom is 0.228 e. The number of anilines is 1. The summed E-state index contributed by atoms with van der Waals surface area (Å²) in [5.74, 6) is 0.0998. The minimum atomic E-state index is -0.510. The average Bonchev–Trinajstić information content (AvgIpc) is 2.58. The Hall–Kier alpha value is -1.00. The van der Waals surface area contributed by atoms with Crippen molar-refractivity contribution in [2.24, 2.45) is 0 Å². The molecule has 0 spiro atoms. The standard InChI is InChI=1S/C12H15NO2S/c1-8(14)9-3-2-4-10(5-9)13-7-11(16)6-12(13)15/h2-5,8,11,14,16H,6-7H2,1H3. The normalized spacial score (nSPS) is 22.6. The van der Waals surface area contributed by atoms with E-state index in [1.165, 1.54) is 0 Å². The smallest absolute Gasteiger partial charge is 0.228 e. The van der Waals surface area contributed by atoms with Crippen molar-refractivity contribution in [2.45, 2.75) is 24.7 Å². The molecule has 0 bridgehead atoms. The highest BCUT2D eigenvalue weighted by Gasteiger charge is 2.28. The third-order valence-electron chi connectivity index (χ3n) is 2.77. The van der Waals surface area contributed by atoms with Crippen molar-refractivity contribution < 1.29 is 9.90 Å². The summed E-state index contributed by atoms with van der Waals surface area (Å²) >= 11 is 4.32. The van der Waals surface area contributed by atoms with Gasteiger partial charge in [-0.3, -0.25) is 4.79 Å². The number of amides is 1. The van der Waals surface area contributed by atoms with Gasteiger partial charge in [0, 0.05) is 23.9 Å². The Kier molecular flexibility index (Phi) is 3.21. The van der Waals surface area contributed by atoms with E-state index in [1.54, 1.807) is 11.8 Å². The molecule has 1 aromatic rings. The largest absolute Gasteiger partial charge is 0.389 e. The molecule has 1 fully saturated rings. The fraction of sp³-hybridized carbons (Fsp3) is 0.417. The highest BCUT2D eigenvalue weighted by Crippen LogP contribution is 2.26. The molecular formula is C12H15NO2S. The Balaban J connectivity index is 2.27. The molecule has 2 rings (SSSR count). The van der Waals surface area contributed by atoms with Gasteiger partial charge < -0.3 is 10.0 Å². The van der Waals surface area contributed by atoms with Crippen molar-refractivity contribution in [3.05, 3.63) is 29.8 Å². The predicted octanol–water partition coefficient (Wildman–Crippen LogP) is 1.77. The zero-order valence-corrected chi connectivity index (χ0v) is 10.0. The average molecular weight is 237 g/mol. The predicted molar refractivity (Wildman–Crippen MR) is 66.8 cm³/mol. The SMILES string of the molecule is CC(O)c1cccc(N2CC(S)CC2=O)c1. The van der Waals surface area contributed by atoms with Crippen LogP contribution in [0.1, 0.15) is 25.0 Å². The molecule has 0 aliphatic carbocycles. The first kappa shape index (κ1) is 11.5. The van der Waals surface area contributed by atoms with Gasteiger partial charge in [0.05, 0.1) is 6.10 Å². The number of nitrogens with zero attached hydrogens (tertiary/aromatic N) is 1. The summed E-state index contributed by atoms with van der Waals surface area (Å²) < 4.78 is 0. The summed E-state index contributed by atoms with van der Waals surface area (Å²) in [5.41, 5.74) is 1.67. The lowest BCUT2D eigenvalue weighted by atomic mass is 10.1. The van der Waals surface area contributed by atoms with E-state index in [1.807, 2.05) is 24.3 Å². The molecule has 86 valence electrons. The van der Waals surface area contributed by atoms with Crippen molar-refractivity contribution in [1.29, 1.82) is 0 Å². The van der Waals surface area contributed by atoms with Crippen molar-refractivity contribution in [3.63, 3.8) is 0 Å². The van der Waals surface area contributed by atoms with Gasteiger partial charge >= 0.3 is 0 Å². The first-order valence-corrected chi connectivity index (χ1v) is 5.86. The number of aliphatic hydroxyl groups excluding tert-OH is 1. The van der Waals surface area contributed by atoms with Crippen LogP contribution >= 0.6 is 12.6 Å². The zero-order chi connectivity index (χ0) is 11.7. The van der Waals surface area contributed by atoms with Crippen molar-refractivity contribution in [1.82, 2.24) is 0 Å². The maximum absolute atomic E-state index is 11.7. The van der Waals surface area contributed by atoms with Gasteiger partial charge in [-0.1, -0.05) is 12.1 Å². The van der Waals surface area contributed by atoms with E-state index < -0.39 is 6.10 Å². The molecule has 0 radical (unpaired) electrons. The molecule has 4 heteroatoms. The van der Waals surface area contributed by atoms with Gasteiger partial charge in [-0.15, -0.1) is 0 Å². The highest BCUT2D eigenvalue weighted by atomic mass is 32.1. The Bertz CT molecular complexity index is 406. The number of thiol groups is 1. The Labute approximate surface area is 100 Å². The van der Waals surface area contributed by atoms with Crippen LogP contribution in [0.5, 0.6) is 0 Å². The second-order valence-corrected chi connectivity index (χ2v) is 4.86. The summed E-state index contributed by atoms with van der Waals surface area (Å²) in [6.45, 7) is 2.36. The van der Waals surface area contributed by atoms with Gasteiger partial charge in [0.1, 0.15) is 0 Å². The molecule has 1 aliphatic rings. The quantitative estimate of drug-likeness (QED) is 0.770. The molecule has 1 heterocycles. The molecule has 0 aromatic heterocycles. The number of carbonyl (C=O) groups excluding carboxylic acids is 1. The minimum absolute atomic E-state index is 0.0998. The number of carbonyl (C=O) groups is 1. The molecule has 16 heavy (non-hydrogen) atoms. The molecular weight excluding hydrogens is 222 g/mol. The Morgan fingerprint density at radius 3 is 2.88 bits per heavy atom. The van der Waals surface area contributed by atoms with Crippen molar-refractivity contribution >= 4 is 24.2 Å². The van der Waals surface area contributed by atoms with Crippen molar-refractivity contribution in [2.75, 3.05) is 11.4 Å². The van der Waals surface area contributed by atoms with Crippen LogP contribution in [0.15, 0.2) is 24.3 Å². The summed E-state index contributed by atoms with van der Waals surface area (Å²) in [7, 11) is 0. The molecule has 3 nitrogen and oxygen atoms in total. The summed E-state index contributed by atoms with van der Waals surface area (Å²) in [6, 6.07) is 7.45. The lowest BCUT2D eigenvalue weighted by Gasteiger charge is -2.17. The second kappa shape index (κ2) is 4.47. The summed E-state index contributed by atoms with van der Waals surface area (Å²) in [5, 5.41) is 9.60. The van der Waals surface area contributed by atoms with Gasteiger partial charge in [0.25, 0.3) is 0 Å². The Morgan fingerprint density at radius 2 is 2.31 bits per heavy atom. The molecule has 0 saturated carbocycles. The van der Waals surface area contributed by atoms with Crippen LogP contribution in [-0.4, -0.2) is 22.8 Å². The number of hydrogen-bond donors (Lipinski definition) is 2. The lowest BCUT2D eigenvalue weighted by molar-refractivity contribution is -0.117. The van der Waals surface area contributed by atoms with E-state index >= 15 is 0 Å². The molecule has 1 aromatic carbocycles. The monoisotopic (exact) mass is 237 g/mol. The van der Waals surface area contributed by atoms with Crippen LogP contribution < -0.4 is 4.90 Å². The number of hydrogen-bond acceptors (Lipinski definition) is 3. The number of benzene rings is 1. The maximum atomic E-state index is 11.7. The van der Waals surface area contributed by atoms with E-state index in [2.05, 4.69) is 12.6 Å². The first-order valence-electron chi connectivity index (χ1n) is 5.34. The van der Waals surface area contributed by atoms with E-state index in [4.69, 9.17) is 0 Å². The third kappa shape index (κ3) is 2.23. The third-order valence-corrected chi connectivity index (χ3v) is 3.11. The summed E-state index contributed by atoms with van der Waals surface area (Å²) in [6.07, 6.45) is -0.0217. The molecule has 1 amide bonds. The van der Waals surface area contributed by atoms with E-state index in [0.29, 0.717) is 13.0 Å². The molecule has 2 unspecified atom stereocenters. The molecule has 1 aliphatic heterocycles. The van der Waals surface area contributed by atoms with Crippen LogP contribution in [0.2, 0.25) is 0 Å². The van der Waals surface area contributed by atoms with Gasteiger partial charge in [-0.05, 0) is 24.6 Å². The molecule has 2 atom stereocenters. The first-order chi connectivity index (χ1) is 7.58. The second-order valence-electron chi connectivity index (χ2n) is 4.13. The van der Waals surface area contributed by atoms with Crippen molar-refractivity contribution in [3.8, 4) is 0 Å². The van der Waals surface area contributed by atoms with Crippen LogP contribution in [0, 0.1) is 0 Å².